The van der Waals surface area contributed by atoms with Crippen LogP contribution in [0.2, 0.25) is 0 Å². The average Bonchev–Trinajstić information content (AvgIpc) is 2.82. The minimum absolute atomic E-state index is 0.314. The predicted molar refractivity (Wildman–Crippen MR) is 73.5 cm³/mol. The Morgan fingerprint density at radius 1 is 1.40 bits per heavy atom. The standard InChI is InChI=1S/C13H14N4O3/c1-8-9(6-15-16-8)13(20)17(7-12(18)19)11-5-3-2-4-10(11)14/h2-6H,7,14H2,1H3,(H,15,16)(H,18,19). The van der Waals surface area contributed by atoms with Crippen molar-refractivity contribution < 1.29 is 14.7 Å². The molecule has 104 valence electrons. The monoisotopic (exact) mass is 274 g/mol. The third kappa shape index (κ3) is 2.61. The largest absolute Gasteiger partial charge is 0.480 e. The Labute approximate surface area is 115 Å². The highest BCUT2D eigenvalue weighted by molar-refractivity contribution is 6.10. The van der Waals surface area contributed by atoms with E-state index < -0.39 is 18.4 Å². The van der Waals surface area contributed by atoms with Crippen molar-refractivity contribution in [1.82, 2.24) is 10.2 Å². The molecule has 0 aliphatic carbocycles. The molecule has 1 heterocycles. The summed E-state index contributed by atoms with van der Waals surface area (Å²) in [6.45, 7) is 1.21. The Bertz CT molecular complexity index is 651. The number of aromatic nitrogens is 2. The van der Waals surface area contributed by atoms with Gasteiger partial charge in [0.05, 0.1) is 23.1 Å². The molecule has 4 N–H and O–H groups in total. The van der Waals surface area contributed by atoms with Crippen LogP contribution in [0, 0.1) is 6.92 Å². The number of nitrogens with one attached hydrogen (secondary N) is 1. The van der Waals surface area contributed by atoms with Gasteiger partial charge in [0.15, 0.2) is 0 Å². The maximum atomic E-state index is 12.5. The van der Waals surface area contributed by atoms with Gasteiger partial charge in [-0.15, -0.1) is 0 Å². The molecule has 1 amide bonds. The number of para-hydroxylation sites is 2. The zero-order chi connectivity index (χ0) is 14.7. The highest BCUT2D eigenvalue weighted by atomic mass is 16.4. The molecule has 0 fully saturated rings. The van der Waals surface area contributed by atoms with E-state index in [1.54, 1.807) is 31.2 Å². The maximum Gasteiger partial charge on any atom is 0.323 e. The third-order valence-corrected chi connectivity index (χ3v) is 2.83. The Morgan fingerprint density at radius 2 is 2.10 bits per heavy atom. The molecule has 20 heavy (non-hydrogen) atoms. The molecule has 0 unspecified atom stereocenters. The summed E-state index contributed by atoms with van der Waals surface area (Å²) < 4.78 is 0. The lowest BCUT2D eigenvalue weighted by molar-refractivity contribution is -0.135. The summed E-state index contributed by atoms with van der Waals surface area (Å²) in [6, 6.07) is 6.62. The molecule has 0 spiro atoms. The SMILES string of the molecule is Cc1[nH]ncc1C(=O)N(CC(=O)O)c1ccccc1N. The fraction of sp³-hybridized carbons (Fsp3) is 0.154. The van der Waals surface area contributed by atoms with Gasteiger partial charge in [0.1, 0.15) is 6.54 Å². The second-order valence-corrected chi connectivity index (χ2v) is 4.25. The summed E-state index contributed by atoms with van der Waals surface area (Å²) in [4.78, 5) is 24.6. The van der Waals surface area contributed by atoms with Gasteiger partial charge in [-0.05, 0) is 19.1 Å². The van der Waals surface area contributed by atoms with Gasteiger partial charge in [-0.2, -0.15) is 5.10 Å². The van der Waals surface area contributed by atoms with Gasteiger partial charge in [0.25, 0.3) is 5.91 Å². The van der Waals surface area contributed by atoms with Gasteiger partial charge in [-0.3, -0.25) is 19.6 Å². The van der Waals surface area contributed by atoms with Crippen molar-refractivity contribution in [2.45, 2.75) is 6.92 Å². The van der Waals surface area contributed by atoms with Crippen LogP contribution in [0.3, 0.4) is 0 Å². The molecule has 0 bridgehead atoms. The van der Waals surface area contributed by atoms with Crippen molar-refractivity contribution >= 4 is 23.3 Å². The van der Waals surface area contributed by atoms with Crippen molar-refractivity contribution in [3.05, 3.63) is 41.7 Å². The number of anilines is 2. The van der Waals surface area contributed by atoms with Gasteiger partial charge in [-0.25, -0.2) is 0 Å². The third-order valence-electron chi connectivity index (χ3n) is 2.83. The molecule has 0 atom stereocenters. The fourth-order valence-corrected chi connectivity index (χ4v) is 1.85. The Hall–Kier alpha value is -2.83. The lowest BCUT2D eigenvalue weighted by atomic mass is 10.2. The van der Waals surface area contributed by atoms with E-state index in [0.29, 0.717) is 22.6 Å². The van der Waals surface area contributed by atoms with Gasteiger partial charge in [-0.1, -0.05) is 12.1 Å². The van der Waals surface area contributed by atoms with Crippen molar-refractivity contribution in [3.8, 4) is 0 Å². The molecule has 1 aromatic heterocycles. The van der Waals surface area contributed by atoms with Gasteiger partial charge in [0, 0.05) is 5.69 Å². The van der Waals surface area contributed by atoms with Crippen LogP contribution in [-0.4, -0.2) is 33.7 Å². The lowest BCUT2D eigenvalue weighted by Crippen LogP contribution is -2.36. The first-order valence-corrected chi connectivity index (χ1v) is 5.89. The number of nitrogens with two attached hydrogens (primary N) is 1. The van der Waals surface area contributed by atoms with E-state index in [4.69, 9.17) is 10.8 Å². The minimum Gasteiger partial charge on any atom is -0.480 e. The van der Waals surface area contributed by atoms with Crippen LogP contribution in [0.15, 0.2) is 30.5 Å². The highest BCUT2D eigenvalue weighted by Gasteiger charge is 2.24. The molecular weight excluding hydrogens is 260 g/mol. The molecule has 2 aromatic rings. The summed E-state index contributed by atoms with van der Waals surface area (Å²) in [5.41, 5.74) is 7.40. The molecule has 0 saturated heterocycles. The van der Waals surface area contributed by atoms with Crippen molar-refractivity contribution in [2.24, 2.45) is 0 Å². The van der Waals surface area contributed by atoms with Crippen LogP contribution < -0.4 is 10.6 Å². The predicted octanol–water partition coefficient (Wildman–Crippen LogP) is 1.03. The first kappa shape index (κ1) is 13.6. The molecule has 1 aromatic carbocycles. The van der Waals surface area contributed by atoms with E-state index in [2.05, 4.69) is 10.2 Å². The van der Waals surface area contributed by atoms with E-state index in [-0.39, 0.29) is 0 Å². The molecule has 0 radical (unpaired) electrons. The number of H-pyrrole nitrogens is 1. The summed E-state index contributed by atoms with van der Waals surface area (Å²) in [5.74, 6) is -1.58. The number of hydrogen-bond donors (Lipinski definition) is 3. The summed E-state index contributed by atoms with van der Waals surface area (Å²) >= 11 is 0. The fourth-order valence-electron chi connectivity index (χ4n) is 1.85. The molecule has 2 rings (SSSR count). The van der Waals surface area contributed by atoms with Gasteiger partial charge < -0.3 is 10.8 Å². The highest BCUT2D eigenvalue weighted by Crippen LogP contribution is 2.24. The van der Waals surface area contributed by atoms with Gasteiger partial charge in [0.2, 0.25) is 0 Å². The molecule has 0 aliphatic heterocycles. The number of nitrogen functional groups attached to an aromatic ring is 1. The quantitative estimate of drug-likeness (QED) is 0.721. The first-order valence-electron chi connectivity index (χ1n) is 5.89. The second-order valence-electron chi connectivity index (χ2n) is 4.25. The van der Waals surface area contributed by atoms with Crippen molar-refractivity contribution in [2.75, 3.05) is 17.2 Å². The van der Waals surface area contributed by atoms with Crippen molar-refractivity contribution in [1.29, 1.82) is 0 Å². The molecule has 0 aliphatic rings. The summed E-state index contributed by atoms with van der Waals surface area (Å²) in [5, 5.41) is 15.4. The Kier molecular flexibility index (Phi) is 3.69. The number of carbonyl (C=O) groups excluding carboxylic acids is 1. The number of carboxylic acids is 1. The minimum atomic E-state index is -1.12. The van der Waals surface area contributed by atoms with Crippen LogP contribution in [0.5, 0.6) is 0 Å². The van der Waals surface area contributed by atoms with E-state index in [9.17, 15) is 9.59 Å². The number of aromatic amines is 1. The number of nitrogens with zero attached hydrogens (tertiary/aromatic N) is 2. The second kappa shape index (κ2) is 5.43. The van der Waals surface area contributed by atoms with Gasteiger partial charge >= 0.3 is 5.97 Å². The van der Waals surface area contributed by atoms with Crippen LogP contribution in [0.25, 0.3) is 0 Å². The van der Waals surface area contributed by atoms with E-state index in [1.807, 2.05) is 0 Å². The molecular formula is C13H14N4O3. The topological polar surface area (TPSA) is 112 Å². The average molecular weight is 274 g/mol. The number of hydrogen-bond acceptors (Lipinski definition) is 4. The number of aryl methyl sites for hydroxylation is 1. The van der Waals surface area contributed by atoms with Crippen LogP contribution in [0.1, 0.15) is 16.1 Å². The first-order chi connectivity index (χ1) is 9.50. The van der Waals surface area contributed by atoms with E-state index in [0.717, 1.165) is 4.90 Å². The number of benzene rings is 1. The van der Waals surface area contributed by atoms with Crippen LogP contribution in [-0.2, 0) is 4.79 Å². The van der Waals surface area contributed by atoms with E-state index >= 15 is 0 Å². The van der Waals surface area contributed by atoms with E-state index in [1.165, 1.54) is 6.20 Å². The maximum absolute atomic E-state index is 12.5. The summed E-state index contributed by atoms with van der Waals surface area (Å²) in [7, 11) is 0. The zero-order valence-electron chi connectivity index (χ0n) is 10.8. The Balaban J connectivity index is 2.43. The van der Waals surface area contributed by atoms with Crippen LogP contribution >= 0.6 is 0 Å². The number of amides is 1. The Morgan fingerprint density at radius 3 is 2.65 bits per heavy atom. The smallest absolute Gasteiger partial charge is 0.323 e. The number of aliphatic carboxylic acids is 1. The number of carboxylic acid groups (broad SMARTS) is 1. The summed E-state index contributed by atoms with van der Waals surface area (Å²) in [6.07, 6.45) is 1.37. The molecule has 7 nitrogen and oxygen atoms in total. The number of rotatable bonds is 4. The zero-order valence-corrected chi connectivity index (χ0v) is 10.8. The van der Waals surface area contributed by atoms with Crippen molar-refractivity contribution in [3.63, 3.8) is 0 Å². The number of carbonyl (C=O) groups is 2. The lowest BCUT2D eigenvalue weighted by Gasteiger charge is -2.22. The molecule has 0 saturated carbocycles. The van der Waals surface area contributed by atoms with Crippen LogP contribution in [0.4, 0.5) is 11.4 Å². The molecule has 7 heteroatoms. The normalized spacial score (nSPS) is 10.2.